The van der Waals surface area contributed by atoms with Gasteiger partial charge in [-0.15, -0.1) is 0 Å². The lowest BCUT2D eigenvalue weighted by Crippen LogP contribution is -2.17. The van der Waals surface area contributed by atoms with Crippen molar-refractivity contribution in [2.45, 2.75) is 31.7 Å². The van der Waals surface area contributed by atoms with E-state index < -0.39 is 0 Å². The maximum Gasteiger partial charge on any atom is 0.112 e. The number of benzene rings is 1. The Hall–Kier alpha value is -1.39. The molecule has 4 nitrogen and oxygen atoms in total. The fourth-order valence-electron chi connectivity index (χ4n) is 2.84. The Labute approximate surface area is 113 Å². The van der Waals surface area contributed by atoms with Gasteiger partial charge in [0.1, 0.15) is 5.82 Å². The van der Waals surface area contributed by atoms with E-state index in [1.54, 1.807) is 0 Å². The van der Waals surface area contributed by atoms with E-state index in [0.29, 0.717) is 5.92 Å². The van der Waals surface area contributed by atoms with Gasteiger partial charge in [-0.3, -0.25) is 0 Å². The highest BCUT2D eigenvalue weighted by atomic mass is 16.5. The summed E-state index contributed by atoms with van der Waals surface area (Å²) in [6.07, 6.45) is 2.13. The van der Waals surface area contributed by atoms with Gasteiger partial charge in [-0.1, -0.05) is 6.07 Å². The maximum atomic E-state index is 5.94. The number of imidazole rings is 1. The minimum Gasteiger partial charge on any atom is -0.381 e. The summed E-state index contributed by atoms with van der Waals surface area (Å²) >= 11 is 0. The van der Waals surface area contributed by atoms with E-state index in [2.05, 4.69) is 29.8 Å². The van der Waals surface area contributed by atoms with Crippen molar-refractivity contribution < 1.29 is 4.74 Å². The Balaban J connectivity index is 2.03. The second kappa shape index (κ2) is 4.94. The third kappa shape index (κ3) is 2.26. The summed E-state index contributed by atoms with van der Waals surface area (Å²) in [7, 11) is 2.10. The normalized spacial score (nSPS) is 18.9. The maximum absolute atomic E-state index is 5.94. The van der Waals surface area contributed by atoms with Crippen molar-refractivity contribution in [1.29, 1.82) is 0 Å². The molecule has 1 unspecified atom stereocenters. The van der Waals surface area contributed by atoms with E-state index in [1.807, 2.05) is 6.92 Å². The lowest BCUT2D eigenvalue weighted by molar-refractivity contribution is 0.0831. The third-order valence-electron chi connectivity index (χ3n) is 4.05. The molecule has 1 saturated heterocycles. The van der Waals surface area contributed by atoms with Gasteiger partial charge in [-0.25, -0.2) is 4.98 Å². The Morgan fingerprint density at radius 2 is 2.11 bits per heavy atom. The third-order valence-corrected chi connectivity index (χ3v) is 4.05. The van der Waals surface area contributed by atoms with E-state index in [-0.39, 0.29) is 6.04 Å². The summed E-state index contributed by atoms with van der Waals surface area (Å²) in [6.45, 7) is 3.70. The molecule has 1 aliphatic rings. The molecule has 0 spiro atoms. The highest BCUT2D eigenvalue weighted by Crippen LogP contribution is 2.29. The summed E-state index contributed by atoms with van der Waals surface area (Å²) in [4.78, 5) is 4.83. The van der Waals surface area contributed by atoms with Gasteiger partial charge >= 0.3 is 0 Å². The van der Waals surface area contributed by atoms with Crippen LogP contribution in [0, 0.1) is 0 Å². The molecule has 2 heterocycles. The fourth-order valence-corrected chi connectivity index (χ4v) is 2.84. The minimum atomic E-state index is 0.0536. The summed E-state index contributed by atoms with van der Waals surface area (Å²) in [5.41, 5.74) is 9.32. The van der Waals surface area contributed by atoms with Gasteiger partial charge in [0.05, 0.1) is 11.0 Å². The van der Waals surface area contributed by atoms with Crippen LogP contribution in [0.4, 0.5) is 0 Å². The molecule has 102 valence electrons. The highest BCUT2D eigenvalue weighted by Gasteiger charge is 2.21. The Morgan fingerprint density at radius 1 is 1.37 bits per heavy atom. The van der Waals surface area contributed by atoms with Gasteiger partial charge in [0.25, 0.3) is 0 Å². The first kappa shape index (κ1) is 12.6. The molecular formula is C15H21N3O. The number of nitrogens with two attached hydrogens (primary N) is 1. The highest BCUT2D eigenvalue weighted by molar-refractivity contribution is 5.77. The molecule has 0 bridgehead atoms. The molecule has 2 N–H and O–H groups in total. The zero-order chi connectivity index (χ0) is 13.4. The van der Waals surface area contributed by atoms with Gasteiger partial charge < -0.3 is 15.0 Å². The van der Waals surface area contributed by atoms with Gasteiger partial charge in [-0.2, -0.15) is 0 Å². The van der Waals surface area contributed by atoms with Crippen molar-refractivity contribution in [2.75, 3.05) is 13.2 Å². The molecule has 3 rings (SSSR count). The topological polar surface area (TPSA) is 53.1 Å². The second-order valence-electron chi connectivity index (χ2n) is 5.45. The number of nitrogens with zero attached hydrogens (tertiary/aromatic N) is 2. The van der Waals surface area contributed by atoms with Crippen molar-refractivity contribution in [3.05, 3.63) is 29.6 Å². The van der Waals surface area contributed by atoms with E-state index in [1.165, 1.54) is 11.3 Å². The smallest absolute Gasteiger partial charge is 0.112 e. The van der Waals surface area contributed by atoms with Crippen molar-refractivity contribution in [2.24, 2.45) is 12.8 Å². The number of ether oxygens (including phenoxy) is 1. The molecule has 2 aromatic rings. The summed E-state index contributed by atoms with van der Waals surface area (Å²) in [5.74, 6) is 1.70. The minimum absolute atomic E-state index is 0.0536. The zero-order valence-corrected chi connectivity index (χ0v) is 11.6. The Bertz CT molecular complexity index is 582. The van der Waals surface area contributed by atoms with Crippen LogP contribution in [0.25, 0.3) is 11.0 Å². The molecule has 1 aliphatic heterocycles. The van der Waals surface area contributed by atoms with Crippen LogP contribution in [0.15, 0.2) is 18.2 Å². The van der Waals surface area contributed by atoms with Gasteiger partial charge in [-0.05, 0) is 37.5 Å². The quantitative estimate of drug-likeness (QED) is 0.901. The molecule has 0 aliphatic carbocycles. The predicted octanol–water partition coefficient (Wildman–Crippen LogP) is 2.49. The number of aryl methyl sites for hydroxylation is 1. The number of fused-ring (bicyclic) bond motifs is 1. The lowest BCUT2D eigenvalue weighted by atomic mass is 9.99. The number of hydrogen-bond donors (Lipinski definition) is 1. The van der Waals surface area contributed by atoms with E-state index >= 15 is 0 Å². The average molecular weight is 259 g/mol. The van der Waals surface area contributed by atoms with Crippen LogP contribution in [0.5, 0.6) is 0 Å². The number of aromatic nitrogens is 2. The molecule has 0 amide bonds. The van der Waals surface area contributed by atoms with Crippen LogP contribution in [-0.4, -0.2) is 22.8 Å². The molecule has 1 aromatic heterocycles. The Morgan fingerprint density at radius 3 is 2.79 bits per heavy atom. The van der Waals surface area contributed by atoms with Crippen LogP contribution < -0.4 is 5.73 Å². The lowest BCUT2D eigenvalue weighted by Gasteiger charge is -2.21. The van der Waals surface area contributed by atoms with Crippen LogP contribution in [0.3, 0.4) is 0 Å². The molecular weight excluding hydrogens is 238 g/mol. The first-order valence-electron chi connectivity index (χ1n) is 6.96. The first-order chi connectivity index (χ1) is 9.16. The molecule has 1 atom stereocenters. The molecule has 19 heavy (non-hydrogen) atoms. The second-order valence-corrected chi connectivity index (χ2v) is 5.45. The molecule has 1 aromatic carbocycles. The van der Waals surface area contributed by atoms with Crippen LogP contribution in [-0.2, 0) is 11.8 Å². The largest absolute Gasteiger partial charge is 0.381 e. The zero-order valence-electron chi connectivity index (χ0n) is 11.6. The van der Waals surface area contributed by atoms with Gasteiger partial charge in [0.2, 0.25) is 0 Å². The SMILES string of the molecule is CC(N)c1ccc2c(c1)nc(C1CCOCC1)n2C. The number of hydrogen-bond acceptors (Lipinski definition) is 3. The summed E-state index contributed by atoms with van der Waals surface area (Å²) in [6, 6.07) is 6.40. The van der Waals surface area contributed by atoms with E-state index in [4.69, 9.17) is 15.5 Å². The van der Waals surface area contributed by atoms with E-state index in [9.17, 15) is 0 Å². The van der Waals surface area contributed by atoms with Crippen molar-refractivity contribution >= 4 is 11.0 Å². The number of rotatable bonds is 2. The monoisotopic (exact) mass is 259 g/mol. The van der Waals surface area contributed by atoms with Gasteiger partial charge in [0, 0.05) is 32.2 Å². The van der Waals surface area contributed by atoms with Crippen LogP contribution >= 0.6 is 0 Å². The summed E-state index contributed by atoms with van der Waals surface area (Å²) < 4.78 is 7.65. The fraction of sp³-hybridized carbons (Fsp3) is 0.533. The van der Waals surface area contributed by atoms with Crippen molar-refractivity contribution in [3.63, 3.8) is 0 Å². The average Bonchev–Trinajstić information content (AvgIpc) is 2.76. The Kier molecular flexibility index (Phi) is 3.29. The molecule has 4 heteroatoms. The van der Waals surface area contributed by atoms with Crippen molar-refractivity contribution in [1.82, 2.24) is 9.55 Å². The predicted molar refractivity (Wildman–Crippen MR) is 76.1 cm³/mol. The molecule has 1 fully saturated rings. The van der Waals surface area contributed by atoms with Gasteiger partial charge in [0.15, 0.2) is 0 Å². The van der Waals surface area contributed by atoms with Crippen LogP contribution in [0.2, 0.25) is 0 Å². The summed E-state index contributed by atoms with van der Waals surface area (Å²) in [5, 5.41) is 0. The van der Waals surface area contributed by atoms with E-state index in [0.717, 1.165) is 37.1 Å². The standard InChI is InChI=1S/C15H21N3O/c1-10(16)12-3-4-14-13(9-12)17-15(18(14)2)11-5-7-19-8-6-11/h3-4,9-11H,5-8,16H2,1-2H3. The molecule has 0 saturated carbocycles. The van der Waals surface area contributed by atoms with Crippen LogP contribution in [0.1, 0.15) is 43.1 Å². The molecule has 0 radical (unpaired) electrons. The first-order valence-corrected chi connectivity index (χ1v) is 6.96. The van der Waals surface area contributed by atoms with Crippen molar-refractivity contribution in [3.8, 4) is 0 Å².